The minimum absolute atomic E-state index is 0.123. The van der Waals surface area contributed by atoms with Crippen LogP contribution in [0.15, 0.2) is 24.3 Å². The second-order valence-electron chi connectivity index (χ2n) is 6.48. The molecule has 0 atom stereocenters. The summed E-state index contributed by atoms with van der Waals surface area (Å²) in [5, 5.41) is 0. The monoisotopic (exact) mass is 315 g/mol. The molecule has 0 saturated carbocycles. The van der Waals surface area contributed by atoms with Gasteiger partial charge in [-0.15, -0.1) is 0 Å². The molecule has 2 heterocycles. The van der Waals surface area contributed by atoms with E-state index < -0.39 is 0 Å². The van der Waals surface area contributed by atoms with E-state index in [9.17, 15) is 9.59 Å². The summed E-state index contributed by atoms with van der Waals surface area (Å²) >= 11 is 0. The summed E-state index contributed by atoms with van der Waals surface area (Å²) in [7, 11) is 0. The minimum atomic E-state index is 0.123. The molecule has 0 bridgehead atoms. The van der Waals surface area contributed by atoms with Crippen LogP contribution in [0, 0.1) is 5.92 Å². The molecule has 2 N–H and O–H groups in total. The molecule has 0 aromatic heterocycles. The zero-order valence-corrected chi connectivity index (χ0v) is 13.5. The molecule has 1 aromatic carbocycles. The molecule has 0 radical (unpaired) electrons. The third-order valence-corrected chi connectivity index (χ3v) is 5.04. The van der Waals surface area contributed by atoms with Crippen molar-refractivity contribution in [3.8, 4) is 0 Å². The third-order valence-electron chi connectivity index (χ3n) is 5.04. The number of carbonyl (C=O) groups excluding carboxylic acids is 2. The zero-order valence-electron chi connectivity index (χ0n) is 13.5. The van der Waals surface area contributed by atoms with Gasteiger partial charge in [-0.1, -0.05) is 18.2 Å². The minimum Gasteiger partial charge on any atom is -0.343 e. The number of piperidine rings is 1. The smallest absolute Gasteiger partial charge is 0.227 e. The van der Waals surface area contributed by atoms with Gasteiger partial charge >= 0.3 is 0 Å². The molecule has 0 spiro atoms. The van der Waals surface area contributed by atoms with Gasteiger partial charge in [0.05, 0.1) is 0 Å². The first kappa shape index (κ1) is 16.0. The van der Waals surface area contributed by atoms with Gasteiger partial charge in [-0.2, -0.15) is 0 Å². The number of fused-ring (bicyclic) bond motifs is 1. The van der Waals surface area contributed by atoms with E-state index in [4.69, 9.17) is 5.73 Å². The van der Waals surface area contributed by atoms with Gasteiger partial charge in [0.25, 0.3) is 0 Å². The number of aryl methyl sites for hydroxylation is 1. The Morgan fingerprint density at radius 2 is 1.91 bits per heavy atom. The van der Waals surface area contributed by atoms with Crippen LogP contribution in [-0.2, 0) is 16.0 Å². The number of para-hydroxylation sites is 1. The largest absolute Gasteiger partial charge is 0.343 e. The molecule has 5 nitrogen and oxygen atoms in total. The molecule has 1 saturated heterocycles. The standard InChI is InChI=1S/C18H25N3O2/c19-13-14-7-10-20(11-8-14)17(22)9-12-21-16-4-2-1-3-15(16)5-6-18(21)23/h1-4,14H,5-13,19H2. The summed E-state index contributed by atoms with van der Waals surface area (Å²) in [6.45, 7) is 2.78. The van der Waals surface area contributed by atoms with Gasteiger partial charge in [-0.3, -0.25) is 9.59 Å². The van der Waals surface area contributed by atoms with Crippen molar-refractivity contribution in [3.05, 3.63) is 29.8 Å². The van der Waals surface area contributed by atoms with Crippen molar-refractivity contribution in [1.29, 1.82) is 0 Å². The second-order valence-corrected chi connectivity index (χ2v) is 6.48. The van der Waals surface area contributed by atoms with Gasteiger partial charge in [0, 0.05) is 38.2 Å². The summed E-state index contributed by atoms with van der Waals surface area (Å²) in [5.41, 5.74) is 7.86. The number of likely N-dealkylation sites (tertiary alicyclic amines) is 1. The van der Waals surface area contributed by atoms with Crippen LogP contribution in [0.2, 0.25) is 0 Å². The van der Waals surface area contributed by atoms with Gasteiger partial charge in [-0.05, 0) is 43.4 Å². The van der Waals surface area contributed by atoms with Gasteiger partial charge in [0.15, 0.2) is 0 Å². The highest BCUT2D eigenvalue weighted by atomic mass is 16.2. The van der Waals surface area contributed by atoms with Gasteiger partial charge < -0.3 is 15.5 Å². The van der Waals surface area contributed by atoms with Crippen molar-refractivity contribution in [2.75, 3.05) is 31.1 Å². The second kappa shape index (κ2) is 7.13. The van der Waals surface area contributed by atoms with Crippen LogP contribution in [0.4, 0.5) is 5.69 Å². The van der Waals surface area contributed by atoms with Crippen molar-refractivity contribution < 1.29 is 9.59 Å². The Kier molecular flexibility index (Phi) is 4.96. The first-order chi connectivity index (χ1) is 11.2. The zero-order chi connectivity index (χ0) is 16.2. The Morgan fingerprint density at radius 1 is 1.17 bits per heavy atom. The first-order valence-electron chi connectivity index (χ1n) is 8.55. The number of benzene rings is 1. The summed E-state index contributed by atoms with van der Waals surface area (Å²) in [6, 6.07) is 7.99. The number of anilines is 1. The van der Waals surface area contributed by atoms with E-state index >= 15 is 0 Å². The van der Waals surface area contributed by atoms with Crippen LogP contribution in [0.3, 0.4) is 0 Å². The maximum atomic E-state index is 12.4. The summed E-state index contributed by atoms with van der Waals surface area (Å²) in [6.07, 6.45) is 3.72. The molecule has 0 aliphatic carbocycles. The lowest BCUT2D eigenvalue weighted by Gasteiger charge is -2.33. The number of carbonyl (C=O) groups is 2. The SMILES string of the molecule is NCC1CCN(C(=O)CCN2C(=O)CCc3ccccc32)CC1. The van der Waals surface area contributed by atoms with Gasteiger partial charge in [0.2, 0.25) is 11.8 Å². The number of hydrogen-bond acceptors (Lipinski definition) is 3. The Balaban J connectivity index is 1.58. The van der Waals surface area contributed by atoms with Crippen molar-refractivity contribution in [3.63, 3.8) is 0 Å². The van der Waals surface area contributed by atoms with Crippen molar-refractivity contribution in [2.45, 2.75) is 32.1 Å². The fourth-order valence-corrected chi connectivity index (χ4v) is 3.53. The average molecular weight is 315 g/mol. The van der Waals surface area contributed by atoms with Gasteiger partial charge in [0.1, 0.15) is 0 Å². The fourth-order valence-electron chi connectivity index (χ4n) is 3.53. The highest BCUT2D eigenvalue weighted by Gasteiger charge is 2.26. The van der Waals surface area contributed by atoms with Crippen molar-refractivity contribution in [2.24, 2.45) is 11.7 Å². The van der Waals surface area contributed by atoms with Crippen molar-refractivity contribution in [1.82, 2.24) is 4.90 Å². The lowest BCUT2D eigenvalue weighted by molar-refractivity contribution is -0.132. The molecular weight excluding hydrogens is 290 g/mol. The van der Waals surface area contributed by atoms with Crippen LogP contribution in [0.25, 0.3) is 0 Å². The molecule has 23 heavy (non-hydrogen) atoms. The molecular formula is C18H25N3O2. The average Bonchev–Trinajstić information content (AvgIpc) is 2.60. The van der Waals surface area contributed by atoms with Crippen molar-refractivity contribution >= 4 is 17.5 Å². The molecule has 2 amide bonds. The lowest BCUT2D eigenvalue weighted by atomic mass is 9.97. The summed E-state index contributed by atoms with van der Waals surface area (Å²) in [4.78, 5) is 28.3. The van der Waals surface area contributed by atoms with E-state index in [0.717, 1.165) is 38.0 Å². The van der Waals surface area contributed by atoms with E-state index in [0.29, 0.717) is 31.8 Å². The maximum Gasteiger partial charge on any atom is 0.227 e. The molecule has 2 aliphatic rings. The van der Waals surface area contributed by atoms with E-state index in [1.54, 1.807) is 4.90 Å². The normalized spacial score (nSPS) is 18.9. The maximum absolute atomic E-state index is 12.4. The first-order valence-corrected chi connectivity index (χ1v) is 8.55. The summed E-state index contributed by atoms with van der Waals surface area (Å²) < 4.78 is 0. The van der Waals surface area contributed by atoms with Crippen LogP contribution < -0.4 is 10.6 Å². The number of nitrogens with two attached hydrogens (primary N) is 1. The van der Waals surface area contributed by atoms with E-state index in [-0.39, 0.29) is 11.8 Å². The van der Waals surface area contributed by atoms with Crippen LogP contribution in [-0.4, -0.2) is 42.9 Å². The van der Waals surface area contributed by atoms with Crippen LogP contribution in [0.5, 0.6) is 0 Å². The summed E-state index contributed by atoms with van der Waals surface area (Å²) in [5.74, 6) is 0.823. The number of hydrogen-bond donors (Lipinski definition) is 1. The quantitative estimate of drug-likeness (QED) is 0.917. The molecule has 2 aliphatic heterocycles. The lowest BCUT2D eigenvalue weighted by Crippen LogP contribution is -2.42. The predicted molar refractivity (Wildman–Crippen MR) is 90.1 cm³/mol. The number of nitrogens with zero attached hydrogens (tertiary/aromatic N) is 2. The molecule has 5 heteroatoms. The molecule has 1 aromatic rings. The topological polar surface area (TPSA) is 66.6 Å². The Bertz CT molecular complexity index is 579. The third kappa shape index (κ3) is 3.55. The Hall–Kier alpha value is -1.88. The molecule has 1 fully saturated rings. The van der Waals surface area contributed by atoms with E-state index in [1.165, 1.54) is 5.56 Å². The number of amides is 2. The van der Waals surface area contributed by atoms with E-state index in [1.807, 2.05) is 23.1 Å². The number of rotatable bonds is 4. The van der Waals surface area contributed by atoms with Gasteiger partial charge in [-0.25, -0.2) is 0 Å². The highest BCUT2D eigenvalue weighted by molar-refractivity contribution is 5.97. The van der Waals surface area contributed by atoms with Crippen LogP contribution in [0.1, 0.15) is 31.2 Å². The van der Waals surface area contributed by atoms with E-state index in [2.05, 4.69) is 6.07 Å². The Labute approximate surface area is 137 Å². The fraction of sp³-hybridized carbons (Fsp3) is 0.556. The molecule has 0 unspecified atom stereocenters. The van der Waals surface area contributed by atoms with Crippen LogP contribution >= 0.6 is 0 Å². The predicted octanol–water partition coefficient (Wildman–Crippen LogP) is 1.55. The molecule has 3 rings (SSSR count). The molecule has 124 valence electrons. The Morgan fingerprint density at radius 3 is 2.65 bits per heavy atom. The highest BCUT2D eigenvalue weighted by Crippen LogP contribution is 2.27.